The lowest BCUT2D eigenvalue weighted by Gasteiger charge is -2.44. The maximum absolute atomic E-state index is 15.7. The van der Waals surface area contributed by atoms with Gasteiger partial charge in [0.25, 0.3) is 5.91 Å². The quantitative estimate of drug-likeness (QED) is 0.0717. The highest BCUT2D eigenvalue weighted by Gasteiger charge is 2.62. The Morgan fingerprint density at radius 3 is 2.03 bits per heavy atom. The molecule has 16 nitrogen and oxygen atoms in total. The van der Waals surface area contributed by atoms with Crippen molar-refractivity contribution in [2.45, 2.75) is 156 Å². The lowest BCUT2D eigenvalue weighted by molar-refractivity contribution is -0.177. The third-order valence-corrected chi connectivity index (χ3v) is 12.7. The summed E-state index contributed by atoms with van der Waals surface area (Å²) in [6, 6.07) is 1.97. The zero-order valence-corrected chi connectivity index (χ0v) is 42.2. The third-order valence-electron chi connectivity index (χ3n) is 12.7. The fourth-order valence-electron chi connectivity index (χ4n) is 8.13. The number of ether oxygens (including phenoxy) is 2. The molecule has 1 saturated heterocycles. The predicted octanol–water partition coefficient (Wildman–Crippen LogP) is 4.24. The summed E-state index contributed by atoms with van der Waals surface area (Å²) in [5, 5.41) is 5.46. The fraction of sp³-hybridized carbons (Fsp3) is 0.694. The first-order valence-electron chi connectivity index (χ1n) is 23.2. The number of rotatable bonds is 25. The van der Waals surface area contributed by atoms with E-state index < -0.39 is 95.6 Å². The highest BCUT2D eigenvalue weighted by Crippen LogP contribution is 2.39. The van der Waals surface area contributed by atoms with Gasteiger partial charge in [0, 0.05) is 20.0 Å². The minimum Gasteiger partial charge on any atom is -0.459 e. The molecule has 372 valence electrons. The van der Waals surface area contributed by atoms with Crippen LogP contribution in [0.4, 0.5) is 4.39 Å². The lowest BCUT2D eigenvalue weighted by Crippen LogP contribution is -2.71. The van der Waals surface area contributed by atoms with Crippen LogP contribution in [0.25, 0.3) is 0 Å². The molecule has 1 aromatic rings. The summed E-state index contributed by atoms with van der Waals surface area (Å²) >= 11 is 0. The van der Waals surface area contributed by atoms with E-state index in [9.17, 15) is 23.6 Å². The van der Waals surface area contributed by atoms with Crippen LogP contribution in [0, 0.1) is 23.7 Å². The van der Waals surface area contributed by atoms with Gasteiger partial charge >= 0.3 is 5.97 Å². The molecule has 0 radical (unpaired) electrons. The Labute approximate surface area is 392 Å². The van der Waals surface area contributed by atoms with Crippen molar-refractivity contribution in [3.8, 4) is 0 Å². The van der Waals surface area contributed by atoms with Crippen molar-refractivity contribution in [2.75, 3.05) is 41.4 Å². The number of imide groups is 1. The van der Waals surface area contributed by atoms with Crippen LogP contribution < -0.4 is 16.4 Å². The molecule has 0 aliphatic carbocycles. The largest absolute Gasteiger partial charge is 0.459 e. The number of esters is 1. The molecule has 1 fully saturated rings. The maximum Gasteiger partial charge on any atom is 0.340 e. The Hall–Kier alpha value is -4.58. The van der Waals surface area contributed by atoms with Gasteiger partial charge in [-0.15, -0.1) is 0 Å². The Morgan fingerprint density at radius 2 is 1.52 bits per heavy atom. The Kier molecular flexibility index (Phi) is 22.3. The van der Waals surface area contributed by atoms with Crippen molar-refractivity contribution >= 4 is 41.3 Å². The first-order valence-corrected chi connectivity index (χ1v) is 23.2. The Bertz CT molecular complexity index is 1850. The molecule has 1 heterocycles. The normalized spacial score (nSPS) is 19.9. The summed E-state index contributed by atoms with van der Waals surface area (Å²) in [5.74, 6) is -8.00. The molecule has 17 heteroatoms. The van der Waals surface area contributed by atoms with E-state index in [1.807, 2.05) is 39.8 Å². The number of halogens is 1. The third kappa shape index (κ3) is 14.0. The lowest BCUT2D eigenvalue weighted by atomic mass is 9.81. The van der Waals surface area contributed by atoms with Crippen LogP contribution in [0.5, 0.6) is 0 Å². The Balaban J connectivity index is 2.94. The molecule has 1 aliphatic heterocycles. The number of amides is 5. The molecule has 4 N–H and O–H groups in total. The average molecular weight is 930 g/mol. The van der Waals surface area contributed by atoms with Gasteiger partial charge in [0.05, 0.1) is 25.4 Å². The van der Waals surface area contributed by atoms with Gasteiger partial charge in [0.15, 0.2) is 5.78 Å². The van der Waals surface area contributed by atoms with Crippen molar-refractivity contribution in [3.63, 3.8) is 0 Å². The van der Waals surface area contributed by atoms with Crippen LogP contribution in [0.3, 0.4) is 0 Å². The number of Topliss-reactive ketones (excluding diaryl/α,β-unsaturated/α-hetero) is 1. The number of benzene rings is 1. The molecule has 1 aromatic carbocycles. The molecule has 2 unspecified atom stereocenters. The minimum atomic E-state index is -2.69. The molecule has 9 atom stereocenters. The topological polar surface area (TPSA) is 201 Å². The summed E-state index contributed by atoms with van der Waals surface area (Å²) in [6.07, 6.45) is 3.62. The number of carbonyl (C=O) groups is 7. The van der Waals surface area contributed by atoms with E-state index >= 15 is 14.4 Å². The van der Waals surface area contributed by atoms with Gasteiger partial charge < -0.3 is 35.6 Å². The first-order chi connectivity index (χ1) is 30.8. The second-order valence-corrected chi connectivity index (χ2v) is 19.3. The number of ketones is 1. The van der Waals surface area contributed by atoms with E-state index in [1.54, 1.807) is 83.9 Å². The molecule has 0 aromatic heterocycles. The van der Waals surface area contributed by atoms with E-state index in [0.29, 0.717) is 16.9 Å². The number of nitrogens with zero attached hydrogens (tertiary/aromatic N) is 4. The molecule has 0 saturated carbocycles. The number of nitrogens with one attached hydrogen (secondary N) is 2. The van der Waals surface area contributed by atoms with Crippen LogP contribution in [0.2, 0.25) is 0 Å². The highest BCUT2D eigenvalue weighted by molar-refractivity contribution is 6.18. The summed E-state index contributed by atoms with van der Waals surface area (Å²) in [6.45, 7) is 17.4. The monoisotopic (exact) mass is 930 g/mol. The van der Waals surface area contributed by atoms with Crippen LogP contribution in [-0.4, -0.2) is 150 Å². The van der Waals surface area contributed by atoms with E-state index in [-0.39, 0.29) is 56.1 Å². The van der Waals surface area contributed by atoms with Crippen molar-refractivity contribution in [1.29, 1.82) is 0 Å². The number of hydrogen-bond donors (Lipinski definition) is 3. The maximum atomic E-state index is 15.7. The second-order valence-electron chi connectivity index (χ2n) is 19.3. The van der Waals surface area contributed by atoms with Crippen LogP contribution in [0.15, 0.2) is 42.5 Å². The highest BCUT2D eigenvalue weighted by atomic mass is 19.1. The number of allylic oxidation sites excluding steroid dienone is 2. The van der Waals surface area contributed by atoms with E-state index in [2.05, 4.69) is 10.6 Å². The van der Waals surface area contributed by atoms with Gasteiger partial charge in [-0.25, -0.2) is 4.79 Å². The number of likely N-dealkylation sites (N-methyl/N-ethyl adjacent to an activating group) is 4. The number of hydrogen-bond acceptors (Lipinski definition) is 12. The van der Waals surface area contributed by atoms with E-state index in [4.69, 9.17) is 15.2 Å². The van der Waals surface area contributed by atoms with Crippen LogP contribution in [-0.2, 0) is 49.6 Å². The van der Waals surface area contributed by atoms with Crippen molar-refractivity contribution in [3.05, 3.63) is 48.0 Å². The molecule has 0 bridgehead atoms. The number of alkyl halides is 1. The zero-order chi connectivity index (χ0) is 50.4. The average Bonchev–Trinajstić information content (AvgIpc) is 3.52. The zero-order valence-electron chi connectivity index (χ0n) is 42.2. The summed E-state index contributed by atoms with van der Waals surface area (Å²) in [4.78, 5) is 108. The van der Waals surface area contributed by atoms with Crippen LogP contribution in [0.1, 0.15) is 107 Å². The van der Waals surface area contributed by atoms with Crippen LogP contribution >= 0.6 is 0 Å². The Morgan fingerprint density at radius 1 is 0.939 bits per heavy atom. The molecule has 66 heavy (non-hydrogen) atoms. The van der Waals surface area contributed by atoms with Gasteiger partial charge in [-0.05, 0) is 90.8 Å². The fourth-order valence-corrected chi connectivity index (χ4v) is 8.13. The van der Waals surface area contributed by atoms with Crippen molar-refractivity contribution in [2.24, 2.45) is 29.4 Å². The molecule has 0 spiro atoms. The van der Waals surface area contributed by atoms with Gasteiger partial charge in [0.1, 0.15) is 36.5 Å². The summed E-state index contributed by atoms with van der Waals surface area (Å²) < 4.78 is 27.2. The van der Waals surface area contributed by atoms with Gasteiger partial charge in [0.2, 0.25) is 29.2 Å². The minimum absolute atomic E-state index is 0.00296. The summed E-state index contributed by atoms with van der Waals surface area (Å²) in [7, 11) is 6.03. The molecule has 5 amide bonds. The number of carbonyl (C=O) groups excluding carboxylic acids is 7. The summed E-state index contributed by atoms with van der Waals surface area (Å²) in [5.41, 5.74) is 3.29. The smallest absolute Gasteiger partial charge is 0.340 e. The first kappa shape index (κ1) is 57.5. The standard InChI is InChI=1S/C49H80FN7O9/c1-16-18-22-32(7)41-40(56(15)48(9,10)66-41)42(59)49(11,47(64)65-29-34-23-20-19-21-24-34)57(44(61)35(51)17-2)45(62)37(26-31(5)6)55(14)46(63)39(33(8)27-50)53-43(60)36(25-30(3)4)54(13)38(58)28-52-12/h16,18-21,23-24,30-33,35-37,39-41,52H,17,22,25-29,51H2,1-15H3,(H,53,60)/b18-16+/t32-,33?,35?,36+,37+,39+,40+,41-,49-/m1/s1. The van der Waals surface area contributed by atoms with Gasteiger partial charge in [-0.3, -0.25) is 43.0 Å². The second kappa shape index (κ2) is 25.5. The van der Waals surface area contributed by atoms with E-state index in [1.165, 1.54) is 32.8 Å². The predicted molar refractivity (Wildman–Crippen MR) is 252 cm³/mol. The molecular weight excluding hydrogens is 850 g/mol. The van der Waals surface area contributed by atoms with Gasteiger partial charge in [-0.1, -0.05) is 91.0 Å². The molecule has 1 aliphatic rings. The SMILES string of the molecule is C/C=C/C[C@@H](C)[C@H]1OC(C)(C)N(C)[C@@H]1C(=O)[C@](C)(C(=O)OCc1ccccc1)N(C(=O)C(N)CC)C(=O)[C@H](CC(C)C)N(C)C(=O)[C@@H](NC(=O)[C@H](CC(C)C)N(C)C(=O)CNC)C(C)CF. The molecular formula is C49H80FN7O9. The molecule has 2 rings (SSSR count). The van der Waals surface area contributed by atoms with Gasteiger partial charge in [-0.2, -0.15) is 0 Å². The number of nitrogens with two attached hydrogens (primary N) is 1. The van der Waals surface area contributed by atoms with Crippen molar-refractivity contribution < 1.29 is 47.4 Å². The van der Waals surface area contributed by atoms with E-state index in [0.717, 1.165) is 4.90 Å². The van der Waals surface area contributed by atoms with Crippen molar-refractivity contribution in [1.82, 2.24) is 30.2 Å².